The normalized spacial score (nSPS) is 22.0. The molecule has 128 valence electrons. The summed E-state index contributed by atoms with van der Waals surface area (Å²) in [5.74, 6) is 1.68. The quantitative estimate of drug-likeness (QED) is 0.606. The van der Waals surface area contributed by atoms with E-state index >= 15 is 0 Å². The Balaban J connectivity index is 1.62. The summed E-state index contributed by atoms with van der Waals surface area (Å²) in [4.78, 5) is 15.8. The van der Waals surface area contributed by atoms with Gasteiger partial charge in [-0.15, -0.1) is 11.8 Å². The lowest BCUT2D eigenvalue weighted by atomic mass is 9.92. The maximum Gasteiger partial charge on any atom is 0.251 e. The highest BCUT2D eigenvalue weighted by molar-refractivity contribution is 7.98. The summed E-state index contributed by atoms with van der Waals surface area (Å²) in [6, 6.07) is 7.80. The molecule has 0 aromatic heterocycles. The molecule has 0 bridgehead atoms. The highest BCUT2D eigenvalue weighted by Crippen LogP contribution is 2.21. The topological polar surface area (TPSA) is 32.3 Å². The number of hydrogen-bond acceptors (Lipinski definition) is 3. The summed E-state index contributed by atoms with van der Waals surface area (Å²) in [7, 11) is 0. The van der Waals surface area contributed by atoms with Crippen LogP contribution in [0.5, 0.6) is 0 Å². The van der Waals surface area contributed by atoms with Crippen LogP contribution in [0.3, 0.4) is 0 Å². The molecule has 1 aromatic rings. The van der Waals surface area contributed by atoms with Crippen molar-refractivity contribution in [3.8, 4) is 0 Å². The Morgan fingerprint density at radius 2 is 1.83 bits per heavy atom. The highest BCUT2D eigenvalue weighted by atomic mass is 32.2. The molecule has 2 unspecified atom stereocenters. The summed E-state index contributed by atoms with van der Waals surface area (Å²) in [5, 5.41) is 3.03. The van der Waals surface area contributed by atoms with Gasteiger partial charge in [-0.3, -0.25) is 4.79 Å². The lowest BCUT2D eigenvalue weighted by Gasteiger charge is -2.34. The van der Waals surface area contributed by atoms with E-state index in [1.807, 2.05) is 30.5 Å². The van der Waals surface area contributed by atoms with E-state index in [4.69, 9.17) is 0 Å². The molecule has 1 heterocycles. The zero-order valence-electron chi connectivity index (χ0n) is 14.7. The Labute approximate surface area is 145 Å². The minimum Gasteiger partial charge on any atom is -0.352 e. The van der Waals surface area contributed by atoms with Crippen molar-refractivity contribution in [1.82, 2.24) is 10.2 Å². The van der Waals surface area contributed by atoms with E-state index in [9.17, 15) is 4.79 Å². The number of likely N-dealkylation sites (tertiary alicyclic amines) is 1. The SMILES string of the molecule is CSc1ccc(C(=O)NCCCCN2CC(C)CC(C)C2)cc1. The fourth-order valence-electron chi connectivity index (χ4n) is 3.48. The van der Waals surface area contributed by atoms with E-state index in [1.165, 1.54) is 24.4 Å². The molecule has 0 aliphatic carbocycles. The number of benzene rings is 1. The third-order valence-electron chi connectivity index (χ3n) is 4.48. The third kappa shape index (κ3) is 6.19. The second-order valence-electron chi connectivity index (χ2n) is 6.90. The van der Waals surface area contributed by atoms with Crippen molar-refractivity contribution in [1.29, 1.82) is 0 Å². The van der Waals surface area contributed by atoms with Gasteiger partial charge in [-0.25, -0.2) is 0 Å². The molecule has 0 saturated carbocycles. The van der Waals surface area contributed by atoms with E-state index in [0.717, 1.165) is 43.3 Å². The molecule has 3 nitrogen and oxygen atoms in total. The Hall–Kier alpha value is -1.00. The first kappa shape index (κ1) is 18.3. The van der Waals surface area contributed by atoms with Crippen LogP contribution < -0.4 is 5.32 Å². The van der Waals surface area contributed by atoms with Gasteiger partial charge in [0.2, 0.25) is 0 Å². The van der Waals surface area contributed by atoms with Gasteiger partial charge >= 0.3 is 0 Å². The number of carbonyl (C=O) groups excluding carboxylic acids is 1. The van der Waals surface area contributed by atoms with Gasteiger partial charge < -0.3 is 10.2 Å². The largest absolute Gasteiger partial charge is 0.352 e. The Kier molecular flexibility index (Phi) is 7.44. The van der Waals surface area contributed by atoms with Gasteiger partial charge in [0.05, 0.1) is 0 Å². The Bertz CT molecular complexity index is 479. The summed E-state index contributed by atoms with van der Waals surface area (Å²) in [5.41, 5.74) is 0.751. The van der Waals surface area contributed by atoms with E-state index < -0.39 is 0 Å². The number of unbranched alkanes of at least 4 members (excludes halogenated alkanes) is 1. The number of carbonyl (C=O) groups is 1. The van der Waals surface area contributed by atoms with Gasteiger partial charge in [0.15, 0.2) is 0 Å². The lowest BCUT2D eigenvalue weighted by Crippen LogP contribution is -2.39. The number of nitrogens with zero attached hydrogens (tertiary/aromatic N) is 1. The van der Waals surface area contributed by atoms with E-state index in [1.54, 1.807) is 11.8 Å². The molecular weight excluding hydrogens is 304 g/mol. The van der Waals surface area contributed by atoms with Crippen molar-refractivity contribution >= 4 is 17.7 Å². The number of thioether (sulfide) groups is 1. The summed E-state index contributed by atoms with van der Waals surface area (Å²) < 4.78 is 0. The first-order valence-corrected chi connectivity index (χ1v) is 9.95. The average molecular weight is 335 g/mol. The number of piperidine rings is 1. The van der Waals surface area contributed by atoms with Crippen LogP contribution in [0.15, 0.2) is 29.2 Å². The van der Waals surface area contributed by atoms with Gasteiger partial charge in [0.25, 0.3) is 5.91 Å². The number of hydrogen-bond donors (Lipinski definition) is 1. The zero-order chi connectivity index (χ0) is 16.7. The van der Waals surface area contributed by atoms with Crippen LogP contribution in [0.4, 0.5) is 0 Å². The second-order valence-corrected chi connectivity index (χ2v) is 7.78. The number of rotatable bonds is 7. The zero-order valence-corrected chi connectivity index (χ0v) is 15.5. The van der Waals surface area contributed by atoms with E-state index in [2.05, 4.69) is 24.1 Å². The maximum atomic E-state index is 12.1. The maximum absolute atomic E-state index is 12.1. The molecule has 23 heavy (non-hydrogen) atoms. The van der Waals surface area contributed by atoms with E-state index in [0.29, 0.717) is 0 Å². The molecule has 2 atom stereocenters. The van der Waals surface area contributed by atoms with Gasteiger partial charge in [-0.2, -0.15) is 0 Å². The van der Waals surface area contributed by atoms with Crippen molar-refractivity contribution in [2.24, 2.45) is 11.8 Å². The molecule has 1 amide bonds. The predicted molar refractivity (Wildman–Crippen MR) is 99.2 cm³/mol. The fraction of sp³-hybridized carbons (Fsp3) is 0.632. The molecule has 1 saturated heterocycles. The molecule has 1 aliphatic rings. The molecule has 2 rings (SSSR count). The third-order valence-corrected chi connectivity index (χ3v) is 5.23. The Morgan fingerprint density at radius 3 is 2.43 bits per heavy atom. The molecular formula is C19H30N2OS. The van der Waals surface area contributed by atoms with Crippen LogP contribution in [0.2, 0.25) is 0 Å². The average Bonchev–Trinajstić information content (AvgIpc) is 2.53. The second kappa shape index (κ2) is 9.33. The van der Waals surface area contributed by atoms with Gasteiger partial charge in [0, 0.05) is 30.1 Å². The molecule has 0 radical (unpaired) electrons. The molecule has 1 aromatic carbocycles. The van der Waals surface area contributed by atoms with Crippen LogP contribution in [-0.4, -0.2) is 43.2 Å². The molecule has 1 N–H and O–H groups in total. The van der Waals surface area contributed by atoms with Crippen LogP contribution >= 0.6 is 11.8 Å². The monoisotopic (exact) mass is 334 g/mol. The highest BCUT2D eigenvalue weighted by Gasteiger charge is 2.20. The summed E-state index contributed by atoms with van der Waals surface area (Å²) in [6.07, 6.45) is 5.61. The minimum atomic E-state index is 0.0397. The summed E-state index contributed by atoms with van der Waals surface area (Å²) in [6.45, 7) is 9.10. The minimum absolute atomic E-state index is 0.0397. The van der Waals surface area contributed by atoms with Crippen molar-refractivity contribution in [3.63, 3.8) is 0 Å². The van der Waals surface area contributed by atoms with Crippen LogP contribution in [0, 0.1) is 11.8 Å². The predicted octanol–water partition coefficient (Wildman–Crippen LogP) is 3.90. The first-order chi connectivity index (χ1) is 11.1. The van der Waals surface area contributed by atoms with Gasteiger partial charge in [-0.05, 0) is 68.2 Å². The number of nitrogens with one attached hydrogen (secondary N) is 1. The standard InChI is InChI=1S/C19H30N2OS/c1-15-12-16(2)14-21(13-15)11-5-4-10-20-19(22)17-6-8-18(23-3)9-7-17/h6-9,15-16H,4-5,10-14H2,1-3H3,(H,20,22). The number of amides is 1. The molecule has 1 aliphatic heterocycles. The van der Waals surface area contributed by atoms with Crippen molar-refractivity contribution in [2.75, 3.05) is 32.4 Å². The Morgan fingerprint density at radius 1 is 1.17 bits per heavy atom. The lowest BCUT2D eigenvalue weighted by molar-refractivity contribution is 0.0951. The van der Waals surface area contributed by atoms with Crippen LogP contribution in [-0.2, 0) is 0 Å². The molecule has 1 fully saturated rings. The van der Waals surface area contributed by atoms with Crippen LogP contribution in [0.1, 0.15) is 43.5 Å². The van der Waals surface area contributed by atoms with Crippen molar-refractivity contribution < 1.29 is 4.79 Å². The summed E-state index contributed by atoms with van der Waals surface area (Å²) >= 11 is 1.69. The smallest absolute Gasteiger partial charge is 0.251 e. The fourth-order valence-corrected chi connectivity index (χ4v) is 3.89. The van der Waals surface area contributed by atoms with Crippen molar-refractivity contribution in [2.45, 2.75) is 38.0 Å². The van der Waals surface area contributed by atoms with Gasteiger partial charge in [0.1, 0.15) is 0 Å². The van der Waals surface area contributed by atoms with Crippen molar-refractivity contribution in [3.05, 3.63) is 29.8 Å². The molecule has 4 heteroatoms. The molecule has 0 spiro atoms. The van der Waals surface area contributed by atoms with E-state index in [-0.39, 0.29) is 5.91 Å². The van der Waals surface area contributed by atoms with Crippen LogP contribution in [0.25, 0.3) is 0 Å². The first-order valence-electron chi connectivity index (χ1n) is 8.73. The van der Waals surface area contributed by atoms with Gasteiger partial charge in [-0.1, -0.05) is 13.8 Å².